The van der Waals surface area contributed by atoms with Crippen molar-refractivity contribution in [2.24, 2.45) is 0 Å². The fraction of sp³-hybridized carbons (Fsp3) is 0.200. The third-order valence-corrected chi connectivity index (χ3v) is 3.30. The first kappa shape index (κ1) is 9.25. The Hall–Kier alpha value is 0.160. The molecule has 0 saturated carbocycles. The molecule has 1 aliphatic rings. The predicted molar refractivity (Wildman–Crippen MR) is 39.1 cm³/mol. The highest BCUT2D eigenvalue weighted by molar-refractivity contribution is 9.14. The zero-order valence-corrected chi connectivity index (χ0v) is 7.94. The van der Waals surface area contributed by atoms with Gasteiger partial charge in [0.05, 0.1) is 4.48 Å². The summed E-state index contributed by atoms with van der Waals surface area (Å²) in [6.07, 6.45) is 0. The Bertz CT molecular complexity index is 240. The van der Waals surface area contributed by atoms with Gasteiger partial charge in [-0.1, -0.05) is 0 Å². The van der Waals surface area contributed by atoms with Crippen LogP contribution in [0.1, 0.15) is 0 Å². The van der Waals surface area contributed by atoms with Gasteiger partial charge in [0, 0.05) is 0 Å². The molecule has 0 N–H and O–H groups in total. The summed E-state index contributed by atoms with van der Waals surface area (Å²) in [4.78, 5) is 0. The van der Waals surface area contributed by atoms with Crippen LogP contribution in [0.2, 0.25) is 0 Å². The first-order valence-corrected chi connectivity index (χ1v) is 3.97. The summed E-state index contributed by atoms with van der Waals surface area (Å²) in [6.45, 7) is 0. The number of allylic oxidation sites excluding steroid dienone is 4. The molecule has 0 fully saturated rings. The highest BCUT2D eigenvalue weighted by Gasteiger charge is 2.47. The maximum absolute atomic E-state index is 12.8. The number of alkyl halides is 2. The molecular formula is C5Br2F4. The second-order valence-electron chi connectivity index (χ2n) is 1.83. The van der Waals surface area contributed by atoms with Crippen LogP contribution in [0.25, 0.3) is 0 Å². The lowest BCUT2D eigenvalue weighted by molar-refractivity contribution is 0.346. The van der Waals surface area contributed by atoms with Gasteiger partial charge >= 0.3 is 0 Å². The minimum Gasteiger partial charge on any atom is -0.217 e. The molecule has 0 amide bonds. The van der Waals surface area contributed by atoms with Crippen molar-refractivity contribution in [1.29, 1.82) is 0 Å². The van der Waals surface area contributed by atoms with E-state index in [4.69, 9.17) is 0 Å². The molecule has 0 aliphatic heterocycles. The lowest BCUT2D eigenvalue weighted by Gasteiger charge is -2.08. The lowest BCUT2D eigenvalue weighted by Crippen LogP contribution is -2.10. The Morgan fingerprint density at radius 2 is 1.55 bits per heavy atom. The van der Waals surface area contributed by atoms with Crippen LogP contribution in [0.15, 0.2) is 22.0 Å². The van der Waals surface area contributed by atoms with E-state index in [1.807, 2.05) is 0 Å². The van der Waals surface area contributed by atoms with E-state index in [0.717, 1.165) is 0 Å². The molecule has 0 heterocycles. The summed E-state index contributed by atoms with van der Waals surface area (Å²) in [5, 5.41) is 0. The Morgan fingerprint density at radius 3 is 1.64 bits per heavy atom. The van der Waals surface area contributed by atoms with Crippen LogP contribution in [0.5, 0.6) is 0 Å². The molecule has 0 saturated heterocycles. The van der Waals surface area contributed by atoms with Crippen LogP contribution in [0.3, 0.4) is 0 Å². The van der Waals surface area contributed by atoms with Crippen LogP contribution in [0, 0.1) is 0 Å². The quantitative estimate of drug-likeness (QED) is 0.471. The number of halogens is 6. The fourth-order valence-electron chi connectivity index (χ4n) is 0.565. The molecule has 0 nitrogen and oxygen atoms in total. The Kier molecular flexibility index (Phi) is 2.17. The number of hydrogen-bond donors (Lipinski definition) is 0. The van der Waals surface area contributed by atoms with Crippen molar-refractivity contribution >= 4 is 31.9 Å². The van der Waals surface area contributed by atoms with Crippen molar-refractivity contribution in [2.45, 2.75) is 4.58 Å². The Morgan fingerprint density at radius 1 is 1.09 bits per heavy atom. The molecule has 11 heavy (non-hydrogen) atoms. The maximum atomic E-state index is 12.8. The number of rotatable bonds is 0. The highest BCUT2D eigenvalue weighted by Crippen LogP contribution is 2.51. The topological polar surface area (TPSA) is 0 Å². The van der Waals surface area contributed by atoms with Gasteiger partial charge in [-0.3, -0.25) is 0 Å². The van der Waals surface area contributed by atoms with Crippen LogP contribution >= 0.6 is 31.9 Å². The Labute approximate surface area is 76.2 Å². The molecule has 0 aromatic carbocycles. The molecule has 0 bridgehead atoms. The van der Waals surface area contributed by atoms with E-state index in [1.54, 1.807) is 0 Å². The minimum atomic E-state index is -2.87. The third kappa shape index (κ3) is 1.16. The molecule has 1 atom stereocenters. The van der Waals surface area contributed by atoms with E-state index >= 15 is 0 Å². The first-order valence-electron chi connectivity index (χ1n) is 2.38. The van der Waals surface area contributed by atoms with Gasteiger partial charge in [0.2, 0.25) is 0 Å². The van der Waals surface area contributed by atoms with E-state index in [0.29, 0.717) is 0 Å². The van der Waals surface area contributed by atoms with Crippen molar-refractivity contribution in [1.82, 2.24) is 0 Å². The van der Waals surface area contributed by atoms with Gasteiger partial charge < -0.3 is 0 Å². The molecule has 0 aromatic heterocycles. The van der Waals surface area contributed by atoms with Crippen molar-refractivity contribution in [3.05, 3.63) is 22.0 Å². The average Bonchev–Trinajstić information content (AvgIpc) is 2.06. The second-order valence-corrected chi connectivity index (χ2v) is 3.72. The predicted octanol–water partition coefficient (Wildman–Crippen LogP) is 3.79. The van der Waals surface area contributed by atoms with Gasteiger partial charge in [-0.15, -0.1) is 0 Å². The zero-order chi connectivity index (χ0) is 8.81. The number of hydrogen-bond acceptors (Lipinski definition) is 0. The van der Waals surface area contributed by atoms with Crippen LogP contribution in [0.4, 0.5) is 17.6 Å². The van der Waals surface area contributed by atoms with E-state index in [9.17, 15) is 17.6 Å². The van der Waals surface area contributed by atoms with Crippen molar-refractivity contribution in [2.75, 3.05) is 0 Å². The summed E-state index contributed by atoms with van der Waals surface area (Å²) in [7, 11) is 0. The first-order chi connectivity index (χ1) is 4.89. The van der Waals surface area contributed by atoms with Gasteiger partial charge in [-0.05, 0) is 31.9 Å². The molecule has 6 heteroatoms. The van der Waals surface area contributed by atoms with Gasteiger partial charge in [0.25, 0.3) is 4.58 Å². The van der Waals surface area contributed by atoms with Crippen LogP contribution < -0.4 is 0 Å². The second kappa shape index (κ2) is 2.58. The molecule has 1 unspecified atom stereocenters. The molecule has 0 radical (unpaired) electrons. The van der Waals surface area contributed by atoms with Crippen molar-refractivity contribution < 1.29 is 17.6 Å². The monoisotopic (exact) mass is 294 g/mol. The van der Waals surface area contributed by atoms with E-state index in [2.05, 4.69) is 31.9 Å². The molecule has 62 valence electrons. The van der Waals surface area contributed by atoms with Gasteiger partial charge in [0.15, 0.2) is 17.5 Å². The van der Waals surface area contributed by atoms with Gasteiger partial charge in [0.1, 0.15) is 0 Å². The van der Waals surface area contributed by atoms with E-state index < -0.39 is 26.5 Å². The molecule has 1 aliphatic carbocycles. The summed E-state index contributed by atoms with van der Waals surface area (Å²) in [6, 6.07) is 0. The van der Waals surface area contributed by atoms with Crippen LogP contribution in [-0.2, 0) is 0 Å². The largest absolute Gasteiger partial charge is 0.253 e. The van der Waals surface area contributed by atoms with Gasteiger partial charge in [-0.25, -0.2) is 17.6 Å². The standard InChI is InChI=1S/C5Br2F4/c6-3-1(8)2(9)4(10)5(3,7)11. The normalized spacial score (nSPS) is 32.2. The van der Waals surface area contributed by atoms with E-state index in [1.165, 1.54) is 0 Å². The summed E-state index contributed by atoms with van der Waals surface area (Å²) >= 11 is 4.54. The molecule has 0 aromatic rings. The minimum absolute atomic E-state index is 0.819. The lowest BCUT2D eigenvalue weighted by atomic mass is 10.4. The molecular weight excluding hydrogens is 296 g/mol. The Balaban J connectivity index is 3.27. The highest BCUT2D eigenvalue weighted by atomic mass is 79.9. The molecule has 0 spiro atoms. The van der Waals surface area contributed by atoms with Gasteiger partial charge in [-0.2, -0.15) is 0 Å². The average molecular weight is 296 g/mol. The van der Waals surface area contributed by atoms with Crippen LogP contribution in [-0.4, -0.2) is 4.58 Å². The SMILES string of the molecule is FC1=C(F)C(F)(Br)C(Br)=C1F. The smallest absolute Gasteiger partial charge is 0.217 e. The van der Waals surface area contributed by atoms with E-state index in [-0.39, 0.29) is 0 Å². The fourth-order valence-corrected chi connectivity index (χ4v) is 1.26. The summed E-state index contributed by atoms with van der Waals surface area (Å²) in [5.41, 5.74) is 0. The summed E-state index contributed by atoms with van der Waals surface area (Å²) < 4.78 is 46.0. The molecule has 1 rings (SSSR count). The van der Waals surface area contributed by atoms with Crippen molar-refractivity contribution in [3.63, 3.8) is 0 Å². The third-order valence-electron chi connectivity index (χ3n) is 1.13. The zero-order valence-electron chi connectivity index (χ0n) is 4.77. The van der Waals surface area contributed by atoms with Crippen molar-refractivity contribution in [3.8, 4) is 0 Å². The summed E-state index contributed by atoms with van der Waals surface area (Å²) in [5.74, 6) is -5.17. The maximum Gasteiger partial charge on any atom is 0.253 e.